The van der Waals surface area contributed by atoms with Crippen LogP contribution in [0.15, 0.2) is 36.4 Å². The predicted molar refractivity (Wildman–Crippen MR) is 80.6 cm³/mol. The highest BCUT2D eigenvalue weighted by molar-refractivity contribution is 7.11. The zero-order chi connectivity index (χ0) is 15.5. The lowest BCUT2D eigenvalue weighted by Gasteiger charge is -2.17. The van der Waals surface area contributed by atoms with E-state index >= 15 is 0 Å². The summed E-state index contributed by atoms with van der Waals surface area (Å²) in [6.07, 6.45) is -2.62. The number of benzene rings is 1. The first-order chi connectivity index (χ1) is 9.94. The standard InChI is InChI=1S/C16H18F3NS/c1-3-13-7-8-14(21-13)10-15(20-2)11-5-4-6-12(9-11)16(17,18)19/h4-9,15,20H,3,10H2,1-2H3. The Bertz CT molecular complexity index is 589. The molecule has 1 atom stereocenters. The first-order valence-corrected chi connectivity index (χ1v) is 7.67. The van der Waals surface area contributed by atoms with E-state index in [1.165, 1.54) is 21.9 Å². The number of halogens is 3. The van der Waals surface area contributed by atoms with Gasteiger partial charge >= 0.3 is 6.18 Å². The molecule has 0 saturated heterocycles. The van der Waals surface area contributed by atoms with Gasteiger partial charge in [-0.2, -0.15) is 13.2 Å². The van der Waals surface area contributed by atoms with E-state index < -0.39 is 11.7 Å². The molecule has 1 aromatic heterocycles. The van der Waals surface area contributed by atoms with Gasteiger partial charge in [-0.25, -0.2) is 0 Å². The quantitative estimate of drug-likeness (QED) is 0.833. The van der Waals surface area contributed by atoms with Crippen molar-refractivity contribution in [2.24, 2.45) is 0 Å². The molecule has 1 heterocycles. The third-order valence-electron chi connectivity index (χ3n) is 3.44. The fourth-order valence-electron chi connectivity index (χ4n) is 2.24. The largest absolute Gasteiger partial charge is 0.416 e. The average molecular weight is 313 g/mol. The summed E-state index contributed by atoms with van der Waals surface area (Å²) in [4.78, 5) is 2.48. The van der Waals surface area contributed by atoms with Crippen LogP contribution in [-0.4, -0.2) is 7.05 Å². The Morgan fingerprint density at radius 3 is 2.43 bits per heavy atom. The number of likely N-dealkylation sites (N-methyl/N-ethyl adjacent to an activating group) is 1. The molecule has 21 heavy (non-hydrogen) atoms. The molecule has 1 N–H and O–H groups in total. The van der Waals surface area contributed by atoms with Crippen molar-refractivity contribution in [1.29, 1.82) is 0 Å². The highest BCUT2D eigenvalue weighted by Crippen LogP contribution is 2.32. The summed E-state index contributed by atoms with van der Waals surface area (Å²) >= 11 is 1.72. The summed E-state index contributed by atoms with van der Waals surface area (Å²) in [6, 6.07) is 9.57. The van der Waals surface area contributed by atoms with Crippen molar-refractivity contribution in [2.45, 2.75) is 32.0 Å². The van der Waals surface area contributed by atoms with E-state index in [4.69, 9.17) is 0 Å². The summed E-state index contributed by atoms with van der Waals surface area (Å²) in [5.74, 6) is 0. The molecule has 0 radical (unpaired) electrons. The van der Waals surface area contributed by atoms with Crippen LogP contribution in [0.1, 0.15) is 33.8 Å². The molecule has 0 saturated carbocycles. The lowest BCUT2D eigenvalue weighted by atomic mass is 10.0. The van der Waals surface area contributed by atoms with E-state index in [1.807, 2.05) is 0 Å². The van der Waals surface area contributed by atoms with Gasteiger partial charge in [-0.05, 0) is 43.3 Å². The number of thiophene rings is 1. The van der Waals surface area contributed by atoms with Crippen LogP contribution < -0.4 is 5.32 Å². The molecule has 0 spiro atoms. The number of hydrogen-bond donors (Lipinski definition) is 1. The van der Waals surface area contributed by atoms with E-state index in [1.54, 1.807) is 24.5 Å². The van der Waals surface area contributed by atoms with Gasteiger partial charge in [-0.3, -0.25) is 0 Å². The molecule has 2 aromatic rings. The molecule has 114 valence electrons. The summed E-state index contributed by atoms with van der Waals surface area (Å²) in [5.41, 5.74) is 0.0689. The van der Waals surface area contributed by atoms with Crippen molar-refractivity contribution in [1.82, 2.24) is 5.32 Å². The van der Waals surface area contributed by atoms with Crippen molar-refractivity contribution in [2.75, 3.05) is 7.05 Å². The van der Waals surface area contributed by atoms with E-state index in [0.717, 1.165) is 12.5 Å². The van der Waals surface area contributed by atoms with Gasteiger partial charge in [-0.15, -0.1) is 11.3 Å². The van der Waals surface area contributed by atoms with Crippen LogP contribution in [0.4, 0.5) is 13.2 Å². The van der Waals surface area contributed by atoms with Crippen molar-refractivity contribution >= 4 is 11.3 Å². The maximum atomic E-state index is 12.8. The van der Waals surface area contributed by atoms with Crippen molar-refractivity contribution in [3.05, 3.63) is 57.3 Å². The van der Waals surface area contributed by atoms with Gasteiger partial charge in [0.05, 0.1) is 5.56 Å². The molecule has 1 nitrogen and oxygen atoms in total. The Balaban J connectivity index is 2.21. The van der Waals surface area contributed by atoms with E-state index in [-0.39, 0.29) is 6.04 Å². The normalized spacial score (nSPS) is 13.4. The van der Waals surface area contributed by atoms with Gasteiger partial charge in [0, 0.05) is 22.2 Å². The molecule has 0 bridgehead atoms. The number of nitrogens with one attached hydrogen (secondary N) is 1. The highest BCUT2D eigenvalue weighted by atomic mass is 32.1. The monoisotopic (exact) mass is 313 g/mol. The maximum absolute atomic E-state index is 12.8. The molecule has 0 aliphatic carbocycles. The van der Waals surface area contributed by atoms with Gasteiger partial charge in [0.1, 0.15) is 0 Å². The molecule has 5 heteroatoms. The van der Waals surface area contributed by atoms with E-state index in [2.05, 4.69) is 24.4 Å². The highest BCUT2D eigenvalue weighted by Gasteiger charge is 2.30. The van der Waals surface area contributed by atoms with Gasteiger partial charge in [0.25, 0.3) is 0 Å². The van der Waals surface area contributed by atoms with Crippen LogP contribution in [-0.2, 0) is 19.0 Å². The van der Waals surface area contributed by atoms with Crippen LogP contribution >= 0.6 is 11.3 Å². The molecular weight excluding hydrogens is 295 g/mol. The second-order valence-corrected chi connectivity index (χ2v) is 6.14. The smallest absolute Gasteiger partial charge is 0.313 e. The summed E-state index contributed by atoms with van der Waals surface area (Å²) < 4.78 is 38.4. The van der Waals surface area contributed by atoms with E-state index in [0.29, 0.717) is 12.0 Å². The number of rotatable bonds is 5. The summed E-state index contributed by atoms with van der Waals surface area (Å²) in [7, 11) is 1.78. The number of aryl methyl sites for hydroxylation is 1. The van der Waals surface area contributed by atoms with E-state index in [9.17, 15) is 13.2 Å². The minimum atomic E-state index is -4.30. The molecule has 0 aliphatic heterocycles. The molecule has 1 unspecified atom stereocenters. The second-order valence-electron chi connectivity index (χ2n) is 4.89. The topological polar surface area (TPSA) is 12.0 Å². The van der Waals surface area contributed by atoms with Crippen molar-refractivity contribution in [3.63, 3.8) is 0 Å². The Morgan fingerprint density at radius 1 is 1.14 bits per heavy atom. The Labute approximate surface area is 126 Å². The van der Waals surface area contributed by atoms with Crippen LogP contribution in [0.2, 0.25) is 0 Å². The van der Waals surface area contributed by atoms with Gasteiger partial charge < -0.3 is 5.32 Å². The van der Waals surface area contributed by atoms with Crippen LogP contribution in [0.25, 0.3) is 0 Å². The number of alkyl halides is 3. The molecule has 1 aromatic carbocycles. The second kappa shape index (κ2) is 6.62. The summed E-state index contributed by atoms with van der Waals surface area (Å²) in [5, 5.41) is 3.11. The lowest BCUT2D eigenvalue weighted by molar-refractivity contribution is -0.137. The van der Waals surface area contributed by atoms with Crippen molar-refractivity contribution in [3.8, 4) is 0 Å². The van der Waals surface area contributed by atoms with Gasteiger partial charge in [0.2, 0.25) is 0 Å². The zero-order valence-electron chi connectivity index (χ0n) is 12.0. The lowest BCUT2D eigenvalue weighted by Crippen LogP contribution is -2.19. The average Bonchev–Trinajstić information content (AvgIpc) is 2.91. The minimum Gasteiger partial charge on any atom is -0.313 e. The molecule has 2 rings (SSSR count). The fraction of sp³-hybridized carbons (Fsp3) is 0.375. The molecule has 0 aliphatic rings. The minimum absolute atomic E-state index is 0.115. The van der Waals surface area contributed by atoms with Crippen molar-refractivity contribution < 1.29 is 13.2 Å². The fourth-order valence-corrected chi connectivity index (χ4v) is 3.24. The molecule has 0 amide bonds. The first-order valence-electron chi connectivity index (χ1n) is 6.86. The predicted octanol–water partition coefficient (Wildman–Crippen LogP) is 4.83. The van der Waals surface area contributed by atoms with Crippen LogP contribution in [0.5, 0.6) is 0 Å². The maximum Gasteiger partial charge on any atom is 0.416 e. The van der Waals surface area contributed by atoms with Crippen LogP contribution in [0.3, 0.4) is 0 Å². The third-order valence-corrected chi connectivity index (χ3v) is 4.69. The molecular formula is C16H18F3NS. The van der Waals surface area contributed by atoms with Crippen LogP contribution in [0, 0.1) is 0 Å². The SMILES string of the molecule is CCc1ccc(CC(NC)c2cccc(C(F)(F)F)c2)s1. The Morgan fingerprint density at radius 2 is 1.86 bits per heavy atom. The number of hydrogen-bond acceptors (Lipinski definition) is 2. The van der Waals surface area contributed by atoms with Gasteiger partial charge in [0.15, 0.2) is 0 Å². The summed E-state index contributed by atoms with van der Waals surface area (Å²) in [6.45, 7) is 2.10. The third kappa shape index (κ3) is 4.08. The van der Waals surface area contributed by atoms with Gasteiger partial charge in [-0.1, -0.05) is 19.1 Å². The first kappa shape index (κ1) is 16.0. The zero-order valence-corrected chi connectivity index (χ0v) is 12.8. The Hall–Kier alpha value is -1.33. The molecule has 0 fully saturated rings. The Kier molecular flexibility index (Phi) is 5.06.